The second-order valence-electron chi connectivity index (χ2n) is 3.17. The number of nitrogens with zero attached hydrogens (tertiary/aromatic N) is 1. The van der Waals surface area contributed by atoms with Crippen LogP contribution in [0.15, 0.2) is 12.2 Å². The Labute approximate surface area is 78.8 Å². The van der Waals surface area contributed by atoms with Crippen LogP contribution < -0.4 is 11.1 Å². The third-order valence-electron chi connectivity index (χ3n) is 2.27. The van der Waals surface area contributed by atoms with E-state index in [0.29, 0.717) is 6.54 Å². The third-order valence-corrected chi connectivity index (χ3v) is 2.27. The van der Waals surface area contributed by atoms with E-state index in [-0.39, 0.29) is 11.9 Å². The Kier molecular flexibility index (Phi) is 3.92. The SMILES string of the molecule is CC1C(=O)NCCN1C/C=C/CN. The van der Waals surface area contributed by atoms with Gasteiger partial charge in [0, 0.05) is 26.2 Å². The summed E-state index contributed by atoms with van der Waals surface area (Å²) in [6.45, 7) is 4.96. The lowest BCUT2D eigenvalue weighted by Gasteiger charge is -2.31. The molecular formula is C9H17N3O. The topological polar surface area (TPSA) is 58.4 Å². The minimum atomic E-state index is -0.0174. The lowest BCUT2D eigenvalue weighted by molar-refractivity contribution is -0.127. The Morgan fingerprint density at radius 1 is 1.69 bits per heavy atom. The number of hydrogen-bond donors (Lipinski definition) is 2. The molecule has 1 aliphatic rings. The highest BCUT2D eigenvalue weighted by Crippen LogP contribution is 2.02. The molecule has 1 fully saturated rings. The molecule has 1 amide bonds. The van der Waals surface area contributed by atoms with Crippen molar-refractivity contribution in [1.82, 2.24) is 10.2 Å². The number of nitrogens with one attached hydrogen (secondary N) is 1. The summed E-state index contributed by atoms with van der Waals surface area (Å²) < 4.78 is 0. The molecule has 4 heteroatoms. The first-order valence-electron chi connectivity index (χ1n) is 4.62. The van der Waals surface area contributed by atoms with Crippen LogP contribution in [-0.2, 0) is 4.79 Å². The molecule has 1 unspecified atom stereocenters. The number of rotatable bonds is 3. The summed E-state index contributed by atoms with van der Waals surface area (Å²) in [7, 11) is 0. The normalized spacial score (nSPS) is 25.1. The van der Waals surface area contributed by atoms with Crippen molar-refractivity contribution in [3.8, 4) is 0 Å². The fourth-order valence-corrected chi connectivity index (χ4v) is 1.39. The third kappa shape index (κ3) is 2.82. The molecule has 0 bridgehead atoms. The van der Waals surface area contributed by atoms with Crippen LogP contribution in [0.1, 0.15) is 6.92 Å². The lowest BCUT2D eigenvalue weighted by Crippen LogP contribution is -2.53. The Bertz CT molecular complexity index is 203. The van der Waals surface area contributed by atoms with Crippen molar-refractivity contribution in [2.75, 3.05) is 26.2 Å². The Balaban J connectivity index is 2.39. The summed E-state index contributed by atoms with van der Waals surface area (Å²) in [4.78, 5) is 13.4. The summed E-state index contributed by atoms with van der Waals surface area (Å²) in [5.74, 6) is 0.118. The van der Waals surface area contributed by atoms with Gasteiger partial charge >= 0.3 is 0 Å². The van der Waals surface area contributed by atoms with Crippen molar-refractivity contribution in [2.24, 2.45) is 5.73 Å². The lowest BCUT2D eigenvalue weighted by atomic mass is 10.2. The number of carbonyl (C=O) groups is 1. The van der Waals surface area contributed by atoms with Crippen molar-refractivity contribution in [3.63, 3.8) is 0 Å². The molecule has 1 saturated heterocycles. The summed E-state index contributed by atoms with van der Waals surface area (Å²) in [6, 6.07) is -0.0174. The van der Waals surface area contributed by atoms with Gasteiger partial charge in [0.2, 0.25) is 5.91 Å². The number of hydrogen-bond acceptors (Lipinski definition) is 3. The molecule has 1 rings (SSSR count). The van der Waals surface area contributed by atoms with E-state index in [9.17, 15) is 4.79 Å². The summed E-state index contributed by atoms with van der Waals surface area (Å²) >= 11 is 0. The Hall–Kier alpha value is -0.870. The van der Waals surface area contributed by atoms with E-state index in [4.69, 9.17) is 5.73 Å². The van der Waals surface area contributed by atoms with Crippen LogP contribution in [0, 0.1) is 0 Å². The zero-order valence-electron chi connectivity index (χ0n) is 7.99. The number of carbonyl (C=O) groups excluding carboxylic acids is 1. The molecule has 1 atom stereocenters. The van der Waals surface area contributed by atoms with Gasteiger partial charge in [-0.05, 0) is 6.92 Å². The van der Waals surface area contributed by atoms with Crippen molar-refractivity contribution < 1.29 is 4.79 Å². The highest BCUT2D eigenvalue weighted by Gasteiger charge is 2.23. The predicted octanol–water partition coefficient (Wildman–Crippen LogP) is -0.678. The molecule has 4 nitrogen and oxygen atoms in total. The summed E-state index contributed by atoms with van der Waals surface area (Å²) in [5.41, 5.74) is 5.32. The van der Waals surface area contributed by atoms with E-state index in [1.165, 1.54) is 0 Å². The average molecular weight is 183 g/mol. The monoisotopic (exact) mass is 183 g/mol. The van der Waals surface area contributed by atoms with Crippen LogP contribution in [-0.4, -0.2) is 43.0 Å². The van der Waals surface area contributed by atoms with Gasteiger partial charge in [-0.1, -0.05) is 12.2 Å². The minimum absolute atomic E-state index is 0.0174. The van der Waals surface area contributed by atoms with E-state index >= 15 is 0 Å². The van der Waals surface area contributed by atoms with Gasteiger partial charge < -0.3 is 11.1 Å². The number of piperazine rings is 1. The predicted molar refractivity (Wildman–Crippen MR) is 52.2 cm³/mol. The summed E-state index contributed by atoms with van der Waals surface area (Å²) in [5, 5.41) is 2.82. The van der Waals surface area contributed by atoms with E-state index in [1.807, 2.05) is 19.1 Å². The molecule has 1 aliphatic heterocycles. The first kappa shape index (κ1) is 10.2. The number of amides is 1. The molecule has 0 radical (unpaired) electrons. The molecule has 0 saturated carbocycles. The maximum atomic E-state index is 11.2. The highest BCUT2D eigenvalue weighted by molar-refractivity contribution is 5.81. The maximum Gasteiger partial charge on any atom is 0.237 e. The van der Waals surface area contributed by atoms with Crippen LogP contribution in [0.2, 0.25) is 0 Å². The second kappa shape index (κ2) is 4.99. The highest BCUT2D eigenvalue weighted by atomic mass is 16.2. The van der Waals surface area contributed by atoms with E-state index in [1.54, 1.807) is 0 Å². The van der Waals surface area contributed by atoms with Gasteiger partial charge in [-0.2, -0.15) is 0 Å². The molecule has 13 heavy (non-hydrogen) atoms. The largest absolute Gasteiger partial charge is 0.353 e. The fourth-order valence-electron chi connectivity index (χ4n) is 1.39. The van der Waals surface area contributed by atoms with Crippen molar-refractivity contribution in [1.29, 1.82) is 0 Å². The van der Waals surface area contributed by atoms with E-state index < -0.39 is 0 Å². The molecule has 0 spiro atoms. The van der Waals surface area contributed by atoms with Gasteiger partial charge in [-0.15, -0.1) is 0 Å². The van der Waals surface area contributed by atoms with Crippen LogP contribution >= 0.6 is 0 Å². The summed E-state index contributed by atoms with van der Waals surface area (Å²) in [6.07, 6.45) is 3.92. The van der Waals surface area contributed by atoms with Gasteiger partial charge in [0.05, 0.1) is 6.04 Å². The van der Waals surface area contributed by atoms with Gasteiger partial charge in [0.1, 0.15) is 0 Å². The second-order valence-corrected chi connectivity index (χ2v) is 3.17. The van der Waals surface area contributed by atoms with Crippen LogP contribution in [0.25, 0.3) is 0 Å². The molecule has 0 aromatic rings. The zero-order chi connectivity index (χ0) is 9.68. The Morgan fingerprint density at radius 2 is 2.46 bits per heavy atom. The van der Waals surface area contributed by atoms with Crippen LogP contribution in [0.5, 0.6) is 0 Å². The van der Waals surface area contributed by atoms with Crippen LogP contribution in [0.4, 0.5) is 0 Å². The van der Waals surface area contributed by atoms with Crippen molar-refractivity contribution >= 4 is 5.91 Å². The fraction of sp³-hybridized carbons (Fsp3) is 0.667. The quantitative estimate of drug-likeness (QED) is 0.570. The molecule has 0 aromatic carbocycles. The van der Waals surface area contributed by atoms with Gasteiger partial charge in [-0.25, -0.2) is 0 Å². The molecule has 3 N–H and O–H groups in total. The van der Waals surface area contributed by atoms with Crippen molar-refractivity contribution in [3.05, 3.63) is 12.2 Å². The molecular weight excluding hydrogens is 166 g/mol. The first-order chi connectivity index (χ1) is 6.25. The van der Waals surface area contributed by atoms with Crippen molar-refractivity contribution in [2.45, 2.75) is 13.0 Å². The average Bonchev–Trinajstić information content (AvgIpc) is 2.13. The minimum Gasteiger partial charge on any atom is -0.353 e. The smallest absolute Gasteiger partial charge is 0.237 e. The number of nitrogens with two attached hydrogens (primary N) is 1. The standard InChI is InChI=1S/C9H17N3O/c1-8-9(13)11-5-7-12(8)6-3-2-4-10/h2-3,8H,4-7,10H2,1H3,(H,11,13)/b3-2+. The maximum absolute atomic E-state index is 11.2. The van der Waals surface area contributed by atoms with E-state index in [2.05, 4.69) is 10.2 Å². The van der Waals surface area contributed by atoms with Crippen LogP contribution in [0.3, 0.4) is 0 Å². The first-order valence-corrected chi connectivity index (χ1v) is 4.62. The molecule has 1 heterocycles. The van der Waals surface area contributed by atoms with Gasteiger partial charge in [0.15, 0.2) is 0 Å². The molecule has 0 aromatic heterocycles. The van der Waals surface area contributed by atoms with Gasteiger partial charge in [-0.3, -0.25) is 9.69 Å². The van der Waals surface area contributed by atoms with E-state index in [0.717, 1.165) is 19.6 Å². The Morgan fingerprint density at radius 3 is 3.15 bits per heavy atom. The zero-order valence-corrected chi connectivity index (χ0v) is 7.99. The molecule has 74 valence electrons. The molecule has 0 aliphatic carbocycles. The van der Waals surface area contributed by atoms with Gasteiger partial charge in [0.25, 0.3) is 0 Å².